The molecule has 0 heterocycles. The fraction of sp³-hybridized carbons (Fsp3) is 0.667. The SMILES string of the molecule is CCNC(c1cc(F)cc(F)c1)C1(CC(C)C)CCCC1. The molecule has 0 radical (unpaired) electrons. The third-order valence-electron chi connectivity index (χ3n) is 4.65. The van der Waals surface area contributed by atoms with Crippen molar-refractivity contribution in [1.29, 1.82) is 0 Å². The third-order valence-corrected chi connectivity index (χ3v) is 4.65. The average Bonchev–Trinajstić information content (AvgIpc) is 2.83. The molecule has 3 heteroatoms. The second-order valence-corrected chi connectivity index (χ2v) is 6.86. The molecule has 1 nitrogen and oxygen atoms in total. The van der Waals surface area contributed by atoms with Crippen LogP contribution >= 0.6 is 0 Å². The van der Waals surface area contributed by atoms with Crippen molar-refractivity contribution < 1.29 is 8.78 Å². The molecule has 118 valence electrons. The number of rotatable bonds is 6. The van der Waals surface area contributed by atoms with E-state index >= 15 is 0 Å². The molecule has 0 spiro atoms. The van der Waals surface area contributed by atoms with Gasteiger partial charge >= 0.3 is 0 Å². The van der Waals surface area contributed by atoms with Crippen LogP contribution in [-0.4, -0.2) is 6.54 Å². The van der Waals surface area contributed by atoms with E-state index in [1.54, 1.807) is 0 Å². The van der Waals surface area contributed by atoms with E-state index < -0.39 is 11.6 Å². The normalized spacial score (nSPS) is 19.1. The van der Waals surface area contributed by atoms with Gasteiger partial charge < -0.3 is 5.32 Å². The van der Waals surface area contributed by atoms with E-state index in [-0.39, 0.29) is 11.5 Å². The molecule has 1 fully saturated rings. The molecular formula is C18H27F2N. The van der Waals surface area contributed by atoms with Crippen LogP contribution < -0.4 is 5.32 Å². The van der Waals surface area contributed by atoms with Gasteiger partial charge in [0, 0.05) is 12.1 Å². The summed E-state index contributed by atoms with van der Waals surface area (Å²) in [6, 6.07) is 3.99. The molecule has 0 aromatic heterocycles. The third kappa shape index (κ3) is 3.82. The van der Waals surface area contributed by atoms with Crippen LogP contribution in [0.1, 0.15) is 64.5 Å². The van der Waals surface area contributed by atoms with Crippen LogP contribution in [0.25, 0.3) is 0 Å². The lowest BCUT2D eigenvalue weighted by Gasteiger charge is -2.40. The zero-order valence-corrected chi connectivity index (χ0v) is 13.4. The monoisotopic (exact) mass is 295 g/mol. The van der Waals surface area contributed by atoms with Gasteiger partial charge in [0.1, 0.15) is 11.6 Å². The Morgan fingerprint density at radius 3 is 2.14 bits per heavy atom. The second kappa shape index (κ2) is 6.87. The summed E-state index contributed by atoms with van der Waals surface area (Å²) in [5.74, 6) is -0.376. The lowest BCUT2D eigenvalue weighted by molar-refractivity contribution is 0.156. The van der Waals surface area contributed by atoms with Crippen LogP contribution in [-0.2, 0) is 0 Å². The fourth-order valence-corrected chi connectivity index (χ4v) is 4.14. The summed E-state index contributed by atoms with van der Waals surface area (Å²) < 4.78 is 27.3. The molecule has 1 unspecified atom stereocenters. The van der Waals surface area contributed by atoms with Gasteiger partial charge in [0.15, 0.2) is 0 Å². The van der Waals surface area contributed by atoms with Crippen molar-refractivity contribution >= 4 is 0 Å². The van der Waals surface area contributed by atoms with Gasteiger partial charge in [-0.1, -0.05) is 33.6 Å². The van der Waals surface area contributed by atoms with Crippen molar-refractivity contribution in [1.82, 2.24) is 5.32 Å². The van der Waals surface area contributed by atoms with Crippen molar-refractivity contribution in [2.24, 2.45) is 11.3 Å². The summed E-state index contributed by atoms with van der Waals surface area (Å²) in [6.07, 6.45) is 5.81. The smallest absolute Gasteiger partial charge is 0.126 e. The zero-order valence-electron chi connectivity index (χ0n) is 13.4. The zero-order chi connectivity index (χ0) is 15.5. The summed E-state index contributed by atoms with van der Waals surface area (Å²) in [7, 11) is 0. The summed E-state index contributed by atoms with van der Waals surface area (Å²) in [4.78, 5) is 0. The van der Waals surface area contributed by atoms with E-state index in [1.165, 1.54) is 25.0 Å². The number of benzene rings is 1. The maximum Gasteiger partial charge on any atom is 0.126 e. The van der Waals surface area contributed by atoms with Gasteiger partial charge in [-0.05, 0) is 54.8 Å². The van der Waals surface area contributed by atoms with E-state index in [0.29, 0.717) is 5.92 Å². The maximum absolute atomic E-state index is 13.6. The van der Waals surface area contributed by atoms with Gasteiger partial charge in [-0.3, -0.25) is 0 Å². The quantitative estimate of drug-likeness (QED) is 0.758. The molecule has 0 saturated heterocycles. The van der Waals surface area contributed by atoms with Gasteiger partial charge in [0.05, 0.1) is 0 Å². The van der Waals surface area contributed by atoms with Crippen LogP contribution in [0.3, 0.4) is 0 Å². The lowest BCUT2D eigenvalue weighted by Crippen LogP contribution is -2.37. The molecule has 1 aliphatic rings. The summed E-state index contributed by atoms with van der Waals surface area (Å²) in [5.41, 5.74) is 0.890. The first kappa shape index (κ1) is 16.4. The Kier molecular flexibility index (Phi) is 5.37. The highest BCUT2D eigenvalue weighted by molar-refractivity contribution is 5.24. The van der Waals surface area contributed by atoms with Gasteiger partial charge in [0.25, 0.3) is 0 Å². The number of nitrogens with one attached hydrogen (secondary N) is 1. The van der Waals surface area contributed by atoms with E-state index in [4.69, 9.17) is 0 Å². The Balaban J connectivity index is 2.39. The van der Waals surface area contributed by atoms with Gasteiger partial charge in [-0.2, -0.15) is 0 Å². The average molecular weight is 295 g/mol. The van der Waals surface area contributed by atoms with E-state index in [2.05, 4.69) is 26.1 Å². The highest BCUT2D eigenvalue weighted by Gasteiger charge is 2.42. The molecule has 1 atom stereocenters. The molecule has 0 aliphatic heterocycles. The molecule has 0 amide bonds. The topological polar surface area (TPSA) is 12.0 Å². The minimum atomic E-state index is -0.481. The van der Waals surface area contributed by atoms with Crippen molar-refractivity contribution in [3.8, 4) is 0 Å². The molecule has 1 aromatic carbocycles. The number of hydrogen-bond donors (Lipinski definition) is 1. The largest absolute Gasteiger partial charge is 0.310 e. The van der Waals surface area contributed by atoms with Gasteiger partial charge in [0.2, 0.25) is 0 Å². The van der Waals surface area contributed by atoms with Crippen molar-refractivity contribution in [3.63, 3.8) is 0 Å². The molecule has 0 bridgehead atoms. The number of halogens is 2. The maximum atomic E-state index is 13.6. The van der Waals surface area contributed by atoms with E-state index in [9.17, 15) is 8.78 Å². The van der Waals surface area contributed by atoms with Crippen LogP contribution in [0.15, 0.2) is 18.2 Å². The van der Waals surface area contributed by atoms with Crippen molar-refractivity contribution in [2.75, 3.05) is 6.54 Å². The van der Waals surface area contributed by atoms with Crippen LogP contribution in [0, 0.1) is 23.0 Å². The molecule has 1 aliphatic carbocycles. The van der Waals surface area contributed by atoms with Crippen LogP contribution in [0.2, 0.25) is 0 Å². The standard InChI is InChI=1S/C18H27F2N/c1-4-21-17(14-9-15(19)11-16(20)10-14)18(12-13(2)3)7-5-6-8-18/h9-11,13,17,21H,4-8,12H2,1-3H3. The van der Waals surface area contributed by atoms with Crippen molar-refractivity contribution in [3.05, 3.63) is 35.4 Å². The first-order chi connectivity index (χ1) is 9.97. The minimum absolute atomic E-state index is 0.0394. The first-order valence-corrected chi connectivity index (χ1v) is 8.16. The molecular weight excluding hydrogens is 268 g/mol. The molecule has 1 saturated carbocycles. The van der Waals surface area contributed by atoms with Crippen LogP contribution in [0.5, 0.6) is 0 Å². The molecule has 21 heavy (non-hydrogen) atoms. The first-order valence-electron chi connectivity index (χ1n) is 8.16. The van der Waals surface area contributed by atoms with E-state index in [0.717, 1.165) is 37.4 Å². The van der Waals surface area contributed by atoms with Gasteiger partial charge in [-0.25, -0.2) is 8.78 Å². The summed E-state index contributed by atoms with van der Waals surface area (Å²) in [6.45, 7) is 7.33. The van der Waals surface area contributed by atoms with Crippen LogP contribution in [0.4, 0.5) is 8.78 Å². The summed E-state index contributed by atoms with van der Waals surface area (Å²) in [5, 5.41) is 3.51. The molecule has 1 N–H and O–H groups in total. The Morgan fingerprint density at radius 2 is 1.67 bits per heavy atom. The Labute approximate surface area is 127 Å². The lowest BCUT2D eigenvalue weighted by atomic mass is 9.70. The fourth-order valence-electron chi connectivity index (χ4n) is 4.14. The highest BCUT2D eigenvalue weighted by atomic mass is 19.1. The Hall–Kier alpha value is -0.960. The molecule has 2 rings (SSSR count). The van der Waals surface area contributed by atoms with Crippen molar-refractivity contribution in [2.45, 2.75) is 58.9 Å². The Morgan fingerprint density at radius 1 is 1.10 bits per heavy atom. The second-order valence-electron chi connectivity index (χ2n) is 6.86. The number of hydrogen-bond acceptors (Lipinski definition) is 1. The highest BCUT2D eigenvalue weighted by Crippen LogP contribution is 2.51. The Bertz CT molecular complexity index is 444. The summed E-state index contributed by atoms with van der Waals surface area (Å²) >= 11 is 0. The predicted octanol–water partition coefficient (Wildman–Crippen LogP) is 5.22. The predicted molar refractivity (Wildman–Crippen MR) is 83.1 cm³/mol. The van der Waals surface area contributed by atoms with E-state index in [1.807, 2.05) is 0 Å². The minimum Gasteiger partial charge on any atom is -0.310 e. The molecule has 1 aromatic rings. The van der Waals surface area contributed by atoms with Gasteiger partial charge in [-0.15, -0.1) is 0 Å².